The molecule has 2 aliphatic rings. The van der Waals surface area contributed by atoms with Crippen LogP contribution in [0.25, 0.3) is 0 Å². The molecule has 7 nitrogen and oxygen atoms in total. The zero-order valence-corrected chi connectivity index (χ0v) is 18.3. The van der Waals surface area contributed by atoms with E-state index in [2.05, 4.69) is 12.2 Å². The summed E-state index contributed by atoms with van der Waals surface area (Å²) < 4.78 is 27.2. The number of nitrogens with one attached hydrogen (secondary N) is 1. The van der Waals surface area contributed by atoms with Crippen molar-refractivity contribution in [1.29, 1.82) is 0 Å². The summed E-state index contributed by atoms with van der Waals surface area (Å²) >= 11 is 0. The molecule has 0 spiro atoms. The van der Waals surface area contributed by atoms with Crippen molar-refractivity contribution >= 4 is 33.2 Å². The monoisotopic (exact) mass is 441 g/mol. The first-order chi connectivity index (χ1) is 14.8. The average Bonchev–Trinajstić information content (AvgIpc) is 3.17. The fraction of sp³-hybridized carbons (Fsp3) is 0.391. The first-order valence-electron chi connectivity index (χ1n) is 10.6. The van der Waals surface area contributed by atoms with Gasteiger partial charge in [0.2, 0.25) is 21.8 Å². The first kappa shape index (κ1) is 21.5. The van der Waals surface area contributed by atoms with Crippen molar-refractivity contribution in [1.82, 2.24) is 4.31 Å². The van der Waals surface area contributed by atoms with Gasteiger partial charge in [0.15, 0.2) is 0 Å². The van der Waals surface area contributed by atoms with E-state index in [1.807, 2.05) is 30.3 Å². The second-order valence-electron chi connectivity index (χ2n) is 8.34. The standard InChI is InChI=1S/C23H27N3O4S/c1-17-11-13-25(14-12-17)31(29,30)21-9-7-19(8-10-21)24-23(28)18-15-22(27)26(16-18)20-5-3-2-4-6-20/h2-10,17-18H,11-16H2,1H3,(H,24,28)/t18-/m0/s1. The molecule has 2 amide bonds. The smallest absolute Gasteiger partial charge is 0.243 e. The van der Waals surface area contributed by atoms with Crippen molar-refractivity contribution in [2.75, 3.05) is 29.9 Å². The van der Waals surface area contributed by atoms with Gasteiger partial charge >= 0.3 is 0 Å². The van der Waals surface area contributed by atoms with Crippen LogP contribution in [0.2, 0.25) is 0 Å². The van der Waals surface area contributed by atoms with Gasteiger partial charge in [-0.25, -0.2) is 8.42 Å². The van der Waals surface area contributed by atoms with Gasteiger partial charge in [0.25, 0.3) is 0 Å². The van der Waals surface area contributed by atoms with Crippen LogP contribution >= 0.6 is 0 Å². The Hall–Kier alpha value is -2.71. The number of anilines is 2. The van der Waals surface area contributed by atoms with Gasteiger partial charge in [-0.15, -0.1) is 0 Å². The maximum absolute atomic E-state index is 12.8. The van der Waals surface area contributed by atoms with Crippen LogP contribution < -0.4 is 10.2 Å². The lowest BCUT2D eigenvalue weighted by molar-refractivity contribution is -0.122. The Kier molecular flexibility index (Phi) is 6.11. The molecule has 2 aliphatic heterocycles. The number of hydrogen-bond acceptors (Lipinski definition) is 4. The molecule has 164 valence electrons. The molecule has 0 aromatic heterocycles. The Balaban J connectivity index is 1.39. The molecule has 8 heteroatoms. The minimum absolute atomic E-state index is 0.0800. The number of hydrogen-bond donors (Lipinski definition) is 1. The Bertz CT molecular complexity index is 1050. The second kappa shape index (κ2) is 8.80. The van der Waals surface area contributed by atoms with E-state index in [0.717, 1.165) is 18.5 Å². The summed E-state index contributed by atoms with van der Waals surface area (Å²) in [5.41, 5.74) is 1.30. The largest absolute Gasteiger partial charge is 0.326 e. The zero-order chi connectivity index (χ0) is 22.0. The number of sulfonamides is 1. The van der Waals surface area contributed by atoms with Crippen LogP contribution in [0.5, 0.6) is 0 Å². The van der Waals surface area contributed by atoms with Gasteiger partial charge in [-0.1, -0.05) is 25.1 Å². The highest BCUT2D eigenvalue weighted by atomic mass is 32.2. The summed E-state index contributed by atoms with van der Waals surface area (Å²) in [6.07, 6.45) is 1.89. The molecule has 31 heavy (non-hydrogen) atoms. The molecule has 0 unspecified atom stereocenters. The van der Waals surface area contributed by atoms with Crippen molar-refractivity contribution < 1.29 is 18.0 Å². The molecule has 2 fully saturated rings. The van der Waals surface area contributed by atoms with Gasteiger partial charge < -0.3 is 10.2 Å². The lowest BCUT2D eigenvalue weighted by Crippen LogP contribution is -2.37. The molecule has 0 radical (unpaired) electrons. The van der Waals surface area contributed by atoms with Crippen LogP contribution in [0.4, 0.5) is 11.4 Å². The third kappa shape index (κ3) is 4.65. The third-order valence-electron chi connectivity index (χ3n) is 6.07. The summed E-state index contributed by atoms with van der Waals surface area (Å²) in [5, 5.41) is 2.81. The van der Waals surface area contributed by atoms with Gasteiger partial charge in [0.1, 0.15) is 0 Å². The highest BCUT2D eigenvalue weighted by molar-refractivity contribution is 7.89. The minimum Gasteiger partial charge on any atom is -0.326 e. The molecular formula is C23H27N3O4S. The van der Waals surface area contributed by atoms with E-state index < -0.39 is 15.9 Å². The minimum atomic E-state index is -3.52. The SMILES string of the molecule is CC1CCN(S(=O)(=O)c2ccc(NC(=O)[C@H]3CC(=O)N(c4ccccc4)C3)cc2)CC1. The quantitative estimate of drug-likeness (QED) is 0.773. The summed E-state index contributed by atoms with van der Waals surface area (Å²) in [6.45, 7) is 3.54. The topological polar surface area (TPSA) is 86.8 Å². The maximum atomic E-state index is 12.8. The van der Waals surface area contributed by atoms with Crippen molar-refractivity contribution in [3.05, 3.63) is 54.6 Å². The Morgan fingerprint density at radius 3 is 2.29 bits per heavy atom. The predicted octanol–water partition coefficient (Wildman–Crippen LogP) is 3.10. The Labute approximate surface area is 183 Å². The number of nitrogens with zero attached hydrogens (tertiary/aromatic N) is 2. The predicted molar refractivity (Wildman–Crippen MR) is 119 cm³/mol. The van der Waals surface area contributed by atoms with Crippen LogP contribution in [0.3, 0.4) is 0 Å². The number of benzene rings is 2. The number of amides is 2. The third-order valence-corrected chi connectivity index (χ3v) is 7.98. The summed E-state index contributed by atoms with van der Waals surface area (Å²) in [5.74, 6) is -0.230. The fourth-order valence-electron chi connectivity index (χ4n) is 4.07. The summed E-state index contributed by atoms with van der Waals surface area (Å²) in [6, 6.07) is 15.5. The number of piperidine rings is 1. The van der Waals surface area contributed by atoms with Crippen molar-refractivity contribution in [3.63, 3.8) is 0 Å². The molecule has 4 rings (SSSR count). The van der Waals surface area contributed by atoms with Crippen molar-refractivity contribution in [2.24, 2.45) is 11.8 Å². The van der Waals surface area contributed by atoms with Crippen molar-refractivity contribution in [2.45, 2.75) is 31.1 Å². The van der Waals surface area contributed by atoms with Crippen LogP contribution in [0.1, 0.15) is 26.2 Å². The van der Waals surface area contributed by atoms with E-state index in [9.17, 15) is 18.0 Å². The van der Waals surface area contributed by atoms with E-state index in [4.69, 9.17) is 0 Å². The van der Waals surface area contributed by atoms with E-state index in [1.54, 1.807) is 17.0 Å². The van der Waals surface area contributed by atoms with Gasteiger partial charge in [0.05, 0.1) is 10.8 Å². The zero-order valence-electron chi connectivity index (χ0n) is 17.5. The molecule has 1 atom stereocenters. The molecular weight excluding hydrogens is 414 g/mol. The summed E-state index contributed by atoms with van der Waals surface area (Å²) in [4.78, 5) is 26.9. The molecule has 1 N–H and O–H groups in total. The lowest BCUT2D eigenvalue weighted by Gasteiger charge is -2.29. The highest BCUT2D eigenvalue weighted by Crippen LogP contribution is 2.27. The normalized spacial score (nSPS) is 20.7. The number of carbonyl (C=O) groups excluding carboxylic acids is 2. The lowest BCUT2D eigenvalue weighted by atomic mass is 10.0. The van der Waals surface area contributed by atoms with Crippen LogP contribution in [-0.2, 0) is 19.6 Å². The molecule has 2 aromatic rings. The highest BCUT2D eigenvalue weighted by Gasteiger charge is 2.35. The van der Waals surface area contributed by atoms with Gasteiger partial charge in [-0.3, -0.25) is 9.59 Å². The van der Waals surface area contributed by atoms with Crippen LogP contribution in [0.15, 0.2) is 59.5 Å². The average molecular weight is 442 g/mol. The van der Waals surface area contributed by atoms with E-state index in [-0.39, 0.29) is 23.1 Å². The molecule has 0 aliphatic carbocycles. The second-order valence-corrected chi connectivity index (χ2v) is 10.3. The van der Waals surface area contributed by atoms with E-state index in [1.165, 1.54) is 16.4 Å². The van der Waals surface area contributed by atoms with Crippen molar-refractivity contribution in [3.8, 4) is 0 Å². The molecule has 0 saturated carbocycles. The summed E-state index contributed by atoms with van der Waals surface area (Å²) in [7, 11) is -3.52. The molecule has 2 heterocycles. The van der Waals surface area contributed by atoms with E-state index in [0.29, 0.717) is 31.2 Å². The Morgan fingerprint density at radius 2 is 1.65 bits per heavy atom. The van der Waals surface area contributed by atoms with Gasteiger partial charge in [0, 0.05) is 37.4 Å². The van der Waals surface area contributed by atoms with Gasteiger partial charge in [-0.05, 0) is 55.2 Å². The first-order valence-corrected chi connectivity index (χ1v) is 12.0. The molecule has 2 aromatic carbocycles. The number of rotatable bonds is 5. The molecule has 2 saturated heterocycles. The number of para-hydroxylation sites is 1. The number of carbonyl (C=O) groups is 2. The van der Waals surface area contributed by atoms with Gasteiger partial charge in [-0.2, -0.15) is 4.31 Å². The van der Waals surface area contributed by atoms with E-state index >= 15 is 0 Å². The fourth-order valence-corrected chi connectivity index (χ4v) is 5.54. The molecule has 0 bridgehead atoms. The van der Waals surface area contributed by atoms with Crippen LogP contribution in [-0.4, -0.2) is 44.2 Å². The Morgan fingerprint density at radius 1 is 1.00 bits per heavy atom. The maximum Gasteiger partial charge on any atom is 0.243 e. The van der Waals surface area contributed by atoms with Crippen LogP contribution in [0, 0.1) is 11.8 Å².